The number of nitrogens with zero attached hydrogens (tertiary/aromatic N) is 3. The van der Waals surface area contributed by atoms with Crippen molar-refractivity contribution in [1.29, 1.82) is 0 Å². The van der Waals surface area contributed by atoms with E-state index < -0.39 is 17.6 Å². The molecule has 34 heavy (non-hydrogen) atoms. The summed E-state index contributed by atoms with van der Waals surface area (Å²) in [6.07, 6.45) is 5.31. The third kappa shape index (κ3) is 4.12. The smallest absolute Gasteiger partial charge is 0.324 e. The van der Waals surface area contributed by atoms with Crippen LogP contribution in [0.2, 0.25) is 0 Å². The number of carboxylic acids is 1. The van der Waals surface area contributed by atoms with Crippen LogP contribution >= 0.6 is 0 Å². The second-order valence-electron chi connectivity index (χ2n) is 7.84. The van der Waals surface area contributed by atoms with Gasteiger partial charge in [-0.2, -0.15) is 6.41 Å². The molecule has 0 radical (unpaired) electrons. The quantitative estimate of drug-likeness (QED) is 0.165. The predicted octanol–water partition coefficient (Wildman–Crippen LogP) is 3.72. The molecule has 3 aromatic carbocycles. The number of carbonyl (C=O) groups excluding carboxylic acids is 1. The van der Waals surface area contributed by atoms with Crippen LogP contribution in [-0.4, -0.2) is 45.0 Å². The average molecular weight is 696 g/mol. The maximum absolute atomic E-state index is 11.7. The zero-order valence-electron chi connectivity index (χ0n) is 18.5. The monoisotopic (exact) mass is 695 g/mol. The van der Waals surface area contributed by atoms with Crippen LogP contribution in [0, 0.1) is 0 Å². The Morgan fingerprint density at radius 1 is 0.941 bits per heavy atom. The number of benzene rings is 3. The van der Waals surface area contributed by atoms with E-state index in [9.17, 15) is 14.7 Å². The first kappa shape index (κ1) is 23.5. The summed E-state index contributed by atoms with van der Waals surface area (Å²) in [5.41, 5.74) is 2.96. The maximum atomic E-state index is 11.7. The molecule has 1 N–H and O–H groups in total. The second-order valence-corrected chi connectivity index (χ2v) is 7.84. The van der Waals surface area contributed by atoms with Gasteiger partial charge >= 0.3 is 5.97 Å². The fraction of sp³-hybridized carbons (Fsp3) is 0.148. The Morgan fingerprint density at radius 3 is 1.76 bits per heavy atom. The van der Waals surface area contributed by atoms with Crippen molar-refractivity contribution in [2.75, 3.05) is 7.05 Å². The predicted molar refractivity (Wildman–Crippen MR) is 125 cm³/mol. The Morgan fingerprint density at radius 2 is 1.38 bits per heavy atom. The molecule has 1 heterocycles. The summed E-state index contributed by atoms with van der Waals surface area (Å²) in [6.45, 7) is 0. The molecule has 1 atom stereocenters. The molecule has 4 aromatic rings. The van der Waals surface area contributed by atoms with Crippen LogP contribution < -0.4 is 0 Å². The van der Waals surface area contributed by atoms with Crippen molar-refractivity contribution in [2.45, 2.75) is 18.0 Å². The molecule has 0 saturated heterocycles. The third-order valence-corrected chi connectivity index (χ3v) is 5.90. The summed E-state index contributed by atoms with van der Waals surface area (Å²) in [7, 11) is 1.41. The Labute approximate surface area is 192 Å². The fourth-order valence-corrected chi connectivity index (χ4v) is 4.29. The first-order chi connectivity index (χ1) is 16.1. The molecule has 0 spiro atoms. The van der Waals surface area contributed by atoms with Crippen molar-refractivity contribution >= 4 is 12.4 Å². The minimum absolute atomic E-state index is 0. The molecule has 0 bridgehead atoms. The standard InChI is InChI=1S/C27H24N3O3.Fm/c1-29(20-31)25(26(32)33)17-24-18-30(19-28-24)27(21-11-5-2-6-12-21,22-13-7-3-8-14-22)23-15-9-4-10-16-23;/h2-16,18-19,25H,17H2,1H3,(H,32,33);/q-1;/t25-;/m0./s1. The Balaban J connectivity index is 0.00000324. The van der Waals surface area contributed by atoms with Crippen molar-refractivity contribution in [2.24, 2.45) is 0 Å². The molecule has 0 aliphatic heterocycles. The van der Waals surface area contributed by atoms with Crippen molar-refractivity contribution in [1.82, 2.24) is 14.5 Å². The molecule has 6 nitrogen and oxygen atoms in total. The summed E-state index contributed by atoms with van der Waals surface area (Å²) in [4.78, 5) is 28.4. The molecule has 0 aliphatic carbocycles. The number of carbonyl (C=O) groups is 1. The number of carboxylic acid groups (broad SMARTS) is 1. The average Bonchev–Trinajstić information content (AvgIpc) is 3.33. The van der Waals surface area contributed by atoms with Gasteiger partial charge in [0.2, 0.25) is 0 Å². The van der Waals surface area contributed by atoms with Gasteiger partial charge in [0.05, 0.1) is 12.0 Å². The van der Waals surface area contributed by atoms with Gasteiger partial charge in [-0.1, -0.05) is 91.0 Å². The van der Waals surface area contributed by atoms with Crippen molar-refractivity contribution in [3.05, 3.63) is 126 Å². The number of likely N-dealkylation sites (N-methyl/N-ethyl adjacent to an activating group) is 1. The molecule has 7 heteroatoms. The van der Waals surface area contributed by atoms with Crippen LogP contribution in [0.3, 0.4) is 0 Å². The van der Waals surface area contributed by atoms with E-state index in [0.29, 0.717) is 5.69 Å². The van der Waals surface area contributed by atoms with Gasteiger partial charge in [0, 0.05) is 12.6 Å². The zero-order valence-corrected chi connectivity index (χ0v) is 20.9. The molecule has 4 rings (SSSR count). The van der Waals surface area contributed by atoms with Crippen molar-refractivity contribution in [3.8, 4) is 0 Å². The van der Waals surface area contributed by atoms with Crippen LogP contribution in [0.1, 0.15) is 22.4 Å². The van der Waals surface area contributed by atoms with E-state index in [1.807, 2.05) is 65.4 Å². The Hall–Kier alpha value is -5.19. The van der Waals surface area contributed by atoms with Gasteiger partial charge in [0.25, 0.3) is 0 Å². The van der Waals surface area contributed by atoms with E-state index in [1.165, 1.54) is 7.05 Å². The molecule has 0 aliphatic rings. The number of aromatic nitrogens is 2. The number of aliphatic carboxylic acids is 1. The van der Waals surface area contributed by atoms with E-state index in [1.54, 1.807) is 12.7 Å². The number of hydrogen-bond acceptors (Lipinski definition) is 3. The first-order valence-corrected chi connectivity index (χ1v) is 10.6. The number of amides is 1. The molecule has 0 saturated carbocycles. The van der Waals surface area contributed by atoms with E-state index in [2.05, 4.69) is 41.4 Å². The van der Waals surface area contributed by atoms with Crippen LogP contribution in [-0.2, 0) is 21.5 Å². The molecular formula is C27H24FmN3O3-. The van der Waals surface area contributed by atoms with Gasteiger partial charge in [-0.15, -0.1) is 0 Å². The van der Waals surface area contributed by atoms with Gasteiger partial charge in [-0.25, -0.2) is 4.98 Å². The largest absolute Gasteiger partial charge is 0.520 e. The summed E-state index contributed by atoms with van der Waals surface area (Å²) in [6, 6.07) is 29.4. The third-order valence-electron chi connectivity index (χ3n) is 5.90. The maximum Gasteiger partial charge on any atom is 0.324 e. The van der Waals surface area contributed by atoms with Gasteiger partial charge in [0.15, 0.2) is 0 Å². The van der Waals surface area contributed by atoms with Gasteiger partial charge < -0.3 is 19.4 Å². The van der Waals surface area contributed by atoms with E-state index >= 15 is 0 Å². The van der Waals surface area contributed by atoms with Gasteiger partial charge in [-0.05, 0) is 23.7 Å². The second kappa shape index (κ2) is 9.96. The SMILES string of the molecule is CN([C-]=O)[C@@H](Cc1cn(C(c2ccccc2)(c2ccccc2)c2ccccc2)cn1)C(=O)O.[Fm]. The number of imidazole rings is 1. The number of rotatable bonds is 9. The fourth-order valence-electron chi connectivity index (χ4n) is 4.29. The Kier molecular flexibility index (Phi) is 6.87. The van der Waals surface area contributed by atoms with Crippen LogP contribution in [0.25, 0.3) is 0 Å². The van der Waals surface area contributed by atoms with E-state index in [-0.39, 0.29) is 6.42 Å². The summed E-state index contributed by atoms with van der Waals surface area (Å²) < 4.78 is 2.02. The topological polar surface area (TPSA) is 75.4 Å². The summed E-state index contributed by atoms with van der Waals surface area (Å²) in [5, 5.41) is 9.58. The van der Waals surface area contributed by atoms with Crippen LogP contribution in [0.15, 0.2) is 104 Å². The summed E-state index contributed by atoms with van der Waals surface area (Å²) in [5.74, 6) is -1.10. The Bertz CT molecular complexity index is 1120. The molecule has 0 unspecified atom stereocenters. The van der Waals surface area contributed by atoms with Gasteiger partial charge in [0.1, 0.15) is 11.6 Å². The van der Waals surface area contributed by atoms with Crippen molar-refractivity contribution < 1.29 is 14.7 Å². The van der Waals surface area contributed by atoms with E-state index in [4.69, 9.17) is 0 Å². The molecule has 0 fully saturated rings. The van der Waals surface area contributed by atoms with Crippen LogP contribution in [0.5, 0.6) is 0 Å². The molecular weight excluding hydrogens is 671 g/mol. The minimum atomic E-state index is -1.10. The molecule has 1 aromatic heterocycles. The zero-order chi connectivity index (χ0) is 23.3. The van der Waals surface area contributed by atoms with Gasteiger partial charge in [-0.3, -0.25) is 4.79 Å². The molecule has 1 amide bonds. The molecule has 178 valence electrons. The number of hydrogen-bond donors (Lipinski definition) is 1. The normalized spacial score (nSPS) is 11.8. The summed E-state index contributed by atoms with van der Waals surface area (Å²) >= 11 is 0. The van der Waals surface area contributed by atoms with E-state index in [0.717, 1.165) is 21.6 Å². The first-order valence-electron chi connectivity index (χ1n) is 10.6. The minimum Gasteiger partial charge on any atom is -0.520 e. The van der Waals surface area contributed by atoms with Crippen molar-refractivity contribution in [3.63, 3.8) is 0 Å². The van der Waals surface area contributed by atoms with Crippen LogP contribution in [0.4, 0.5) is 0 Å².